The zero-order valence-corrected chi connectivity index (χ0v) is 16.3. The molecule has 0 amide bonds. The first-order valence-electron chi connectivity index (χ1n) is 9.73. The molecular formula is C22H26O5S. The van der Waals surface area contributed by atoms with Crippen molar-refractivity contribution in [2.24, 2.45) is 0 Å². The van der Waals surface area contributed by atoms with E-state index in [1.165, 1.54) is 28.5 Å². The average molecular weight is 403 g/mol. The topological polar surface area (TPSA) is 90.2 Å². The summed E-state index contributed by atoms with van der Waals surface area (Å²) < 4.78 is 5.63. The van der Waals surface area contributed by atoms with E-state index in [-0.39, 0.29) is 0 Å². The lowest BCUT2D eigenvalue weighted by Crippen LogP contribution is -2.57. The van der Waals surface area contributed by atoms with Crippen molar-refractivity contribution < 1.29 is 25.2 Å². The van der Waals surface area contributed by atoms with E-state index in [4.69, 9.17) is 4.74 Å². The summed E-state index contributed by atoms with van der Waals surface area (Å²) in [6.07, 6.45) is -1.42. The maximum Gasteiger partial charge on any atom is 0.136 e. The van der Waals surface area contributed by atoms with E-state index < -0.39 is 36.5 Å². The van der Waals surface area contributed by atoms with Crippen LogP contribution in [0.2, 0.25) is 0 Å². The molecule has 1 heterocycles. The molecule has 0 radical (unpaired) electrons. The summed E-state index contributed by atoms with van der Waals surface area (Å²) in [5.74, 6) is 0.348. The molecule has 150 valence electrons. The van der Waals surface area contributed by atoms with Crippen molar-refractivity contribution in [1.29, 1.82) is 0 Å². The highest BCUT2D eigenvalue weighted by molar-refractivity contribution is 7.99. The Labute approximate surface area is 169 Å². The lowest BCUT2D eigenvalue weighted by atomic mass is 9.79. The molecule has 1 fully saturated rings. The molecule has 4 N–H and O–H groups in total. The molecule has 6 heteroatoms. The number of hydrogen-bond donors (Lipinski definition) is 4. The Morgan fingerprint density at radius 1 is 0.964 bits per heavy atom. The minimum atomic E-state index is -1.35. The van der Waals surface area contributed by atoms with Gasteiger partial charge in [0.25, 0.3) is 0 Å². The number of hydrogen-bond acceptors (Lipinski definition) is 6. The quantitative estimate of drug-likeness (QED) is 0.626. The van der Waals surface area contributed by atoms with Crippen molar-refractivity contribution in [3.63, 3.8) is 0 Å². The number of rotatable bonds is 4. The Morgan fingerprint density at radius 3 is 2.61 bits per heavy atom. The van der Waals surface area contributed by atoms with Crippen LogP contribution in [0.25, 0.3) is 0 Å². The molecule has 1 aliphatic carbocycles. The first-order chi connectivity index (χ1) is 13.6. The Bertz CT molecular complexity index is 811. The van der Waals surface area contributed by atoms with E-state index in [0.717, 1.165) is 24.2 Å². The van der Waals surface area contributed by atoms with Gasteiger partial charge in [-0.05, 0) is 48.1 Å². The Morgan fingerprint density at radius 2 is 1.79 bits per heavy atom. The highest BCUT2D eigenvalue weighted by Crippen LogP contribution is 2.39. The van der Waals surface area contributed by atoms with E-state index in [0.29, 0.717) is 5.92 Å². The van der Waals surface area contributed by atoms with Crippen LogP contribution in [0.4, 0.5) is 0 Å². The van der Waals surface area contributed by atoms with Crippen LogP contribution in [0.1, 0.15) is 35.4 Å². The van der Waals surface area contributed by atoms with Crippen molar-refractivity contribution in [2.75, 3.05) is 6.61 Å². The number of aryl methyl sites for hydroxylation is 1. The van der Waals surface area contributed by atoms with Crippen LogP contribution in [0.5, 0.6) is 0 Å². The number of benzene rings is 2. The van der Waals surface area contributed by atoms with Crippen LogP contribution in [-0.4, -0.2) is 56.9 Å². The zero-order valence-electron chi connectivity index (χ0n) is 15.5. The molecule has 2 aromatic rings. The molecule has 0 bridgehead atoms. The highest BCUT2D eigenvalue weighted by atomic mass is 32.2. The molecule has 0 saturated carbocycles. The summed E-state index contributed by atoms with van der Waals surface area (Å²) >= 11 is 1.30. The third-order valence-electron chi connectivity index (χ3n) is 5.73. The van der Waals surface area contributed by atoms with E-state index in [1.807, 2.05) is 12.1 Å². The average Bonchev–Trinajstić information content (AvgIpc) is 2.74. The zero-order chi connectivity index (χ0) is 19.7. The fourth-order valence-corrected chi connectivity index (χ4v) is 5.33. The van der Waals surface area contributed by atoms with Gasteiger partial charge < -0.3 is 25.2 Å². The molecule has 1 saturated heterocycles. The fourth-order valence-electron chi connectivity index (χ4n) is 4.20. The van der Waals surface area contributed by atoms with Gasteiger partial charge in [0.05, 0.1) is 6.61 Å². The van der Waals surface area contributed by atoms with Gasteiger partial charge in [-0.15, -0.1) is 0 Å². The monoisotopic (exact) mass is 402 g/mol. The van der Waals surface area contributed by atoms with Crippen LogP contribution in [-0.2, 0) is 11.2 Å². The van der Waals surface area contributed by atoms with E-state index in [1.54, 1.807) is 0 Å². The second-order valence-corrected chi connectivity index (χ2v) is 8.70. The lowest BCUT2D eigenvalue weighted by Gasteiger charge is -2.39. The van der Waals surface area contributed by atoms with Gasteiger partial charge in [0, 0.05) is 10.8 Å². The van der Waals surface area contributed by atoms with Crippen molar-refractivity contribution >= 4 is 11.8 Å². The number of thioether (sulfide) groups is 1. The predicted octanol–water partition coefficient (Wildman–Crippen LogP) is 2.05. The molecule has 0 aromatic heterocycles. The number of ether oxygens (including phenoxy) is 1. The molecule has 28 heavy (non-hydrogen) atoms. The van der Waals surface area contributed by atoms with Crippen molar-refractivity contribution in [3.8, 4) is 0 Å². The lowest BCUT2D eigenvalue weighted by molar-refractivity contribution is -0.205. The fraction of sp³-hybridized carbons (Fsp3) is 0.455. The van der Waals surface area contributed by atoms with Crippen LogP contribution in [0.3, 0.4) is 0 Å². The second kappa shape index (κ2) is 8.53. The highest BCUT2D eigenvalue weighted by Gasteiger charge is 2.43. The molecule has 5 nitrogen and oxygen atoms in total. The smallest absolute Gasteiger partial charge is 0.136 e. The van der Waals surface area contributed by atoms with E-state index >= 15 is 0 Å². The van der Waals surface area contributed by atoms with Gasteiger partial charge in [-0.2, -0.15) is 0 Å². The first-order valence-corrected chi connectivity index (χ1v) is 10.6. The van der Waals surface area contributed by atoms with Crippen LogP contribution >= 0.6 is 11.8 Å². The first kappa shape index (κ1) is 19.9. The van der Waals surface area contributed by atoms with Crippen molar-refractivity contribution in [3.05, 3.63) is 65.2 Å². The van der Waals surface area contributed by atoms with Gasteiger partial charge in [-0.25, -0.2) is 0 Å². The second-order valence-electron chi connectivity index (χ2n) is 7.53. The third-order valence-corrected chi connectivity index (χ3v) is 6.88. The van der Waals surface area contributed by atoms with Gasteiger partial charge in [0.1, 0.15) is 29.9 Å². The normalized spacial score (nSPS) is 32.7. The molecular weight excluding hydrogens is 376 g/mol. The summed E-state index contributed by atoms with van der Waals surface area (Å²) in [6, 6.07) is 16.8. The minimum absolute atomic E-state index is 0.348. The minimum Gasteiger partial charge on any atom is -0.394 e. The third kappa shape index (κ3) is 3.85. The number of fused-ring (bicyclic) bond motifs is 1. The molecule has 4 rings (SSSR count). The summed E-state index contributed by atoms with van der Waals surface area (Å²) in [7, 11) is 0. The van der Waals surface area contributed by atoms with Crippen LogP contribution in [0, 0.1) is 0 Å². The standard InChI is InChI=1S/C22H26O5S/c23-12-18-19(24)20(25)21(26)22(27-18)28-15-8-3-7-14(11-15)17-10-4-6-13-5-1-2-9-16(13)17/h1-3,5,7-9,11,17-26H,4,6,10,12H2/t17?,18?,19-,20?,21?,22+/m1/s1. The maximum absolute atomic E-state index is 10.3. The summed E-state index contributed by atoms with van der Waals surface area (Å²) in [5.41, 5.74) is 3.25. The number of aliphatic hydroxyl groups excluding tert-OH is 4. The molecule has 6 atom stereocenters. The van der Waals surface area contributed by atoms with Crippen molar-refractivity contribution in [1.82, 2.24) is 0 Å². The molecule has 1 aliphatic heterocycles. The van der Waals surface area contributed by atoms with Crippen molar-refractivity contribution in [2.45, 2.75) is 59.9 Å². The Hall–Kier alpha value is -1.41. The molecule has 2 aliphatic rings. The summed E-state index contributed by atoms with van der Waals surface area (Å²) in [5, 5.41) is 39.6. The molecule has 4 unspecified atom stereocenters. The summed E-state index contributed by atoms with van der Waals surface area (Å²) in [6.45, 7) is -0.416. The van der Waals surface area contributed by atoms with E-state index in [9.17, 15) is 20.4 Å². The SMILES string of the molecule is OCC1O[C@@H](Sc2cccc(C3CCCc4ccccc43)c2)C(O)C(O)[C@@H]1O. The van der Waals surface area contributed by atoms with Gasteiger partial charge in [-0.1, -0.05) is 48.2 Å². The van der Waals surface area contributed by atoms with Gasteiger partial charge in [0.2, 0.25) is 0 Å². The van der Waals surface area contributed by atoms with Gasteiger partial charge in [-0.3, -0.25) is 0 Å². The van der Waals surface area contributed by atoms with E-state index in [2.05, 4.69) is 36.4 Å². The molecule has 0 spiro atoms. The predicted molar refractivity (Wildman–Crippen MR) is 107 cm³/mol. The molecule has 2 aromatic carbocycles. The number of aliphatic hydroxyl groups is 4. The maximum atomic E-state index is 10.3. The summed E-state index contributed by atoms with van der Waals surface area (Å²) in [4.78, 5) is 0.921. The van der Waals surface area contributed by atoms with Gasteiger partial charge >= 0.3 is 0 Å². The largest absolute Gasteiger partial charge is 0.394 e. The Kier molecular flexibility index (Phi) is 6.06. The Balaban J connectivity index is 1.55. The van der Waals surface area contributed by atoms with Gasteiger partial charge in [0.15, 0.2) is 0 Å². The van der Waals surface area contributed by atoms with Crippen LogP contribution < -0.4 is 0 Å². The van der Waals surface area contributed by atoms with Crippen LogP contribution in [0.15, 0.2) is 53.4 Å².